The topological polar surface area (TPSA) is 504 Å². The van der Waals surface area contributed by atoms with Crippen molar-refractivity contribution in [3.05, 3.63) is 34.1 Å². The molecule has 0 aliphatic rings. The number of hydrazine groups is 5. The first-order valence-corrected chi connectivity index (χ1v) is 35.9. The normalized spacial score (nSPS) is 13.6. The highest BCUT2D eigenvalue weighted by atomic mass is 79.9. The number of carbonyl (C=O) groups excluding carboxylic acids is 12. The zero-order chi connectivity index (χ0) is 86.5. The lowest BCUT2D eigenvalue weighted by Crippen LogP contribution is -2.60. The Bertz CT molecular complexity index is 2850. The summed E-state index contributed by atoms with van der Waals surface area (Å²) in [6, 6.07) is -1.30. The van der Waals surface area contributed by atoms with E-state index in [4.69, 9.17) is 58.7 Å². The highest BCUT2D eigenvalue weighted by Gasteiger charge is 2.41. The van der Waals surface area contributed by atoms with Crippen LogP contribution in [0.2, 0.25) is 0 Å². The van der Waals surface area contributed by atoms with Gasteiger partial charge in [-0.05, 0) is 203 Å². The second-order valence-corrected chi connectivity index (χ2v) is 29.7. The Kier molecular flexibility index (Phi) is 54.8. The van der Waals surface area contributed by atoms with Gasteiger partial charge in [-0.15, -0.1) is 0 Å². The molecule has 634 valence electrons. The summed E-state index contributed by atoms with van der Waals surface area (Å²) in [4.78, 5) is 142. The first kappa shape index (κ1) is 110. The first-order chi connectivity index (χ1) is 49.7. The van der Waals surface area contributed by atoms with Gasteiger partial charge in [0.2, 0.25) is 0 Å². The SMILES string of the molecule is CCOC(=O)C(C(C)C)N(NC(=O)OC(C)(C)C)C(=O)c1ccc(Br)cc1F.CCOC(=O)C(NN)[C@@H](C)O.CCOC(=O)C(NNC(=O)OC(C)(C)C)C(C)C.CCOC(=O)C(NNC(=O)OC(C)(C)C)[C@@H](C)O.CCOC(=O)C([C@@H](C)O)N(NC(=O)OC(C)(C)C)C(=O)OC(C)(C)C.CCOC(=O)C[C@@H](C)O. The molecule has 9 atom stereocenters. The average Bonchev–Trinajstić information content (AvgIpc) is 0.812. The zero-order valence-electron chi connectivity index (χ0n) is 68.9. The maximum Gasteiger partial charge on any atom is 0.430 e. The Hall–Kier alpha value is -8.05. The van der Waals surface area contributed by atoms with Gasteiger partial charge in [0.1, 0.15) is 51.9 Å². The number of halogens is 2. The second kappa shape index (κ2) is 54.5. The van der Waals surface area contributed by atoms with Crippen molar-refractivity contribution >= 4 is 88.1 Å². The number of nitrogens with zero attached hydrogens (tertiary/aromatic N) is 2. The average molecular weight is 1640 g/mol. The fraction of sp³-hybridized carbons (Fsp3) is 0.743. The molecule has 1 rings (SSSR count). The van der Waals surface area contributed by atoms with Gasteiger partial charge in [-0.25, -0.2) is 70.1 Å². The number of ether oxygens (including phenoxy) is 11. The number of hydrogen-bond donors (Lipinski definition) is 12. The Morgan fingerprint density at radius 1 is 0.440 bits per heavy atom. The van der Waals surface area contributed by atoms with Crippen LogP contribution < -0.4 is 43.8 Å². The Morgan fingerprint density at radius 3 is 1.08 bits per heavy atom. The molecule has 0 saturated carbocycles. The minimum absolute atomic E-state index is 0.0148. The summed E-state index contributed by atoms with van der Waals surface area (Å²) in [5.74, 6) is -0.697. The molecule has 0 radical (unpaired) electrons. The third-order valence-corrected chi connectivity index (χ3v) is 12.0. The molecule has 0 aliphatic heterocycles. The van der Waals surface area contributed by atoms with E-state index in [1.165, 1.54) is 32.9 Å². The molecule has 13 N–H and O–H groups in total. The number of aliphatic hydroxyl groups is 4. The van der Waals surface area contributed by atoms with Crippen LogP contribution in [0.25, 0.3) is 0 Å². The third-order valence-electron chi connectivity index (χ3n) is 11.5. The summed E-state index contributed by atoms with van der Waals surface area (Å²) in [6.45, 7) is 49.2. The van der Waals surface area contributed by atoms with Gasteiger partial charge in [0.25, 0.3) is 5.91 Å². The van der Waals surface area contributed by atoms with E-state index in [1.54, 1.807) is 166 Å². The van der Waals surface area contributed by atoms with E-state index in [2.05, 4.69) is 63.4 Å². The summed E-state index contributed by atoms with van der Waals surface area (Å²) < 4.78 is 69.0. The molecular formula is C70H128BrFN10O27. The Labute approximate surface area is 649 Å². The Balaban J connectivity index is -0.000000412. The molecule has 109 heavy (non-hydrogen) atoms. The molecule has 0 bridgehead atoms. The second-order valence-electron chi connectivity index (χ2n) is 28.7. The minimum atomic E-state index is -1.50. The molecule has 0 saturated heterocycles. The van der Waals surface area contributed by atoms with Crippen LogP contribution in [0.3, 0.4) is 0 Å². The third kappa shape index (κ3) is 55.1. The van der Waals surface area contributed by atoms with Crippen LogP contribution >= 0.6 is 15.9 Å². The van der Waals surface area contributed by atoms with E-state index in [9.17, 15) is 72.1 Å². The van der Waals surface area contributed by atoms with Crippen molar-refractivity contribution in [2.45, 2.75) is 290 Å². The zero-order valence-corrected chi connectivity index (χ0v) is 70.5. The van der Waals surface area contributed by atoms with Gasteiger partial charge in [-0.3, -0.25) is 40.7 Å². The van der Waals surface area contributed by atoms with Crippen molar-refractivity contribution in [2.24, 2.45) is 17.7 Å². The summed E-state index contributed by atoms with van der Waals surface area (Å²) in [6.07, 6.45) is -8.02. The largest absolute Gasteiger partial charge is 0.466 e. The lowest BCUT2D eigenvalue weighted by atomic mass is 10.0. The van der Waals surface area contributed by atoms with Crippen molar-refractivity contribution in [3.8, 4) is 0 Å². The van der Waals surface area contributed by atoms with Crippen molar-refractivity contribution < 1.29 is 134 Å². The fourth-order valence-corrected chi connectivity index (χ4v) is 7.68. The number of hydrogen-bond acceptors (Lipinski definition) is 31. The van der Waals surface area contributed by atoms with Gasteiger partial charge in [-0.1, -0.05) is 43.6 Å². The van der Waals surface area contributed by atoms with Gasteiger partial charge in [0.05, 0.1) is 76.0 Å². The monoisotopic (exact) mass is 1640 g/mol. The van der Waals surface area contributed by atoms with Crippen molar-refractivity contribution in [2.75, 3.05) is 39.6 Å². The van der Waals surface area contributed by atoms with Crippen LogP contribution in [0.5, 0.6) is 0 Å². The van der Waals surface area contributed by atoms with Gasteiger partial charge in [0.15, 0.2) is 12.1 Å². The van der Waals surface area contributed by atoms with E-state index < -0.39 is 161 Å². The number of amides is 6. The highest BCUT2D eigenvalue weighted by Crippen LogP contribution is 2.22. The molecule has 0 aliphatic carbocycles. The van der Waals surface area contributed by atoms with Crippen molar-refractivity contribution in [1.82, 2.24) is 48.0 Å². The number of benzene rings is 1. The predicted octanol–water partition coefficient (Wildman–Crippen LogP) is 7.05. The molecule has 0 aromatic heterocycles. The van der Waals surface area contributed by atoms with Gasteiger partial charge in [0, 0.05) is 4.47 Å². The minimum Gasteiger partial charge on any atom is -0.466 e. The molecule has 6 amide bonds. The van der Waals surface area contributed by atoms with Gasteiger partial charge < -0.3 is 72.5 Å². The molecule has 0 heterocycles. The van der Waals surface area contributed by atoms with Crippen LogP contribution in [0.4, 0.5) is 28.4 Å². The summed E-state index contributed by atoms with van der Waals surface area (Å²) in [7, 11) is 0. The van der Waals surface area contributed by atoms with E-state index >= 15 is 0 Å². The van der Waals surface area contributed by atoms with Crippen molar-refractivity contribution in [3.63, 3.8) is 0 Å². The quantitative estimate of drug-likeness (QED) is 0.0191. The highest BCUT2D eigenvalue weighted by molar-refractivity contribution is 9.10. The molecule has 1 aromatic carbocycles. The molecule has 0 spiro atoms. The lowest BCUT2D eigenvalue weighted by Gasteiger charge is -2.33. The molecule has 0 fully saturated rings. The maximum absolute atomic E-state index is 14.3. The molecular weight excluding hydrogens is 1510 g/mol. The van der Waals surface area contributed by atoms with Crippen LogP contribution in [0.1, 0.15) is 218 Å². The fourth-order valence-electron chi connectivity index (χ4n) is 7.34. The predicted molar refractivity (Wildman–Crippen MR) is 399 cm³/mol. The van der Waals surface area contributed by atoms with Crippen LogP contribution in [0, 0.1) is 17.7 Å². The van der Waals surface area contributed by atoms with Gasteiger partial charge >= 0.3 is 66.3 Å². The standard InChI is InChI=1S/C19H26BrFN2O5.C16H30N2O7.C12H24N2O4.C11H22N2O5.C6H14N2O3.C6H12O3/c1-7-27-17(25)15(11(2)3)23(22-18(26)28-19(4,5)6)16(24)13-9-8-12(20)10-14(13)21;1-9-23-12(20)11(10(2)19)18(14(22)25-16(6,7)8)17-13(21)24-15(3,4)5;1-7-17-10(15)9(8(2)3)13-14-11(16)18-12(4,5)6;1-6-17-9(15)8(7(2)14)12-13-10(16)18-11(3,4)5;1-3-11-6(10)5(8-7)4(2)9;1-3-9-6(8)4-5(2)7/h8-11,15H,7H2,1-6H3,(H,22,26);10-11,19H,9H2,1-8H3,(H,17,21);8-9,13H,7H2,1-6H3,(H,14,16);7-8,12,14H,6H2,1-5H3,(H,13,16);4-5,8-9H,3,7H2,1-2H3;5,7H,3-4H2,1-2H3/t;10-,11?;;7-,8?;4-,5?;5-/m.1.111/s1. The number of carbonyl (C=O) groups is 12. The number of nitrogens with one attached hydrogen (secondary N) is 7. The first-order valence-electron chi connectivity index (χ1n) is 35.1. The number of aliphatic hydroxyl groups excluding tert-OH is 4. The molecule has 37 nitrogen and oxygen atoms in total. The van der Waals surface area contributed by atoms with Gasteiger partial charge in [-0.2, -0.15) is 5.01 Å². The van der Waals surface area contributed by atoms with E-state index in [-0.39, 0.29) is 50.3 Å². The smallest absolute Gasteiger partial charge is 0.430 e. The lowest BCUT2D eigenvalue weighted by molar-refractivity contribution is -0.155. The number of nitrogens with two attached hydrogens (primary N) is 1. The number of rotatable bonds is 26. The molecule has 1 aromatic rings. The van der Waals surface area contributed by atoms with E-state index in [0.717, 1.165) is 11.1 Å². The van der Waals surface area contributed by atoms with Crippen LogP contribution in [-0.2, 0) is 80.9 Å². The van der Waals surface area contributed by atoms with E-state index in [1.807, 2.05) is 13.8 Å². The van der Waals surface area contributed by atoms with Crippen LogP contribution in [-0.4, -0.2) is 225 Å². The van der Waals surface area contributed by atoms with Crippen molar-refractivity contribution in [1.29, 1.82) is 0 Å². The summed E-state index contributed by atoms with van der Waals surface area (Å²) in [5, 5.41) is 38.3. The van der Waals surface area contributed by atoms with Crippen LogP contribution in [0.15, 0.2) is 22.7 Å². The van der Waals surface area contributed by atoms with E-state index in [0.29, 0.717) is 22.7 Å². The summed E-state index contributed by atoms with van der Waals surface area (Å²) >= 11 is 3.12. The molecule has 5 unspecified atom stereocenters. The Morgan fingerprint density at radius 2 is 0.771 bits per heavy atom. The number of esters is 6. The molecule has 39 heteroatoms. The maximum atomic E-state index is 14.3. The summed E-state index contributed by atoms with van der Waals surface area (Å²) in [5.41, 5.74) is 12.1.